The number of nitrogens with zero attached hydrogens (tertiary/aromatic N) is 4. The summed E-state index contributed by atoms with van der Waals surface area (Å²) in [5.41, 5.74) is 10.3. The SMILES string of the molecule is C1=NC=C2c3cnccc3-c3nc(-c4ccccc4)n(-c4cccc(-c5ccccc5)c4)c3C2C1. The second-order valence-corrected chi connectivity index (χ2v) is 8.91. The van der Waals surface area contributed by atoms with Gasteiger partial charge in [0, 0.05) is 53.1 Å². The lowest BCUT2D eigenvalue weighted by molar-refractivity contribution is 0.820. The fourth-order valence-corrected chi connectivity index (χ4v) is 5.31. The van der Waals surface area contributed by atoms with Crippen LogP contribution in [0.25, 0.3) is 45.0 Å². The topological polar surface area (TPSA) is 43.1 Å². The summed E-state index contributed by atoms with van der Waals surface area (Å²) in [5.74, 6) is 1.12. The zero-order chi connectivity index (χ0) is 23.2. The molecule has 166 valence electrons. The lowest BCUT2D eigenvalue weighted by Crippen LogP contribution is -2.17. The molecule has 2 aromatic heterocycles. The quantitative estimate of drug-likeness (QED) is 0.292. The first-order valence-electron chi connectivity index (χ1n) is 11.9. The van der Waals surface area contributed by atoms with Crippen molar-refractivity contribution in [2.24, 2.45) is 4.99 Å². The Kier molecular flexibility index (Phi) is 4.56. The first-order chi connectivity index (χ1) is 17.4. The summed E-state index contributed by atoms with van der Waals surface area (Å²) in [6, 6.07) is 31.8. The van der Waals surface area contributed by atoms with E-state index in [1.165, 1.54) is 22.4 Å². The second-order valence-electron chi connectivity index (χ2n) is 8.91. The molecule has 0 radical (unpaired) electrons. The molecule has 0 bridgehead atoms. The first-order valence-corrected chi connectivity index (χ1v) is 11.9. The summed E-state index contributed by atoms with van der Waals surface area (Å²) >= 11 is 0. The van der Waals surface area contributed by atoms with Crippen LogP contribution < -0.4 is 0 Å². The van der Waals surface area contributed by atoms with Crippen LogP contribution in [0.3, 0.4) is 0 Å². The fraction of sp³-hybridized carbons (Fsp3) is 0.0645. The maximum atomic E-state index is 5.30. The third-order valence-electron chi connectivity index (χ3n) is 6.91. The monoisotopic (exact) mass is 450 g/mol. The van der Waals surface area contributed by atoms with E-state index in [0.717, 1.165) is 40.3 Å². The summed E-state index contributed by atoms with van der Waals surface area (Å²) in [6.07, 6.45) is 8.66. The van der Waals surface area contributed by atoms with E-state index in [2.05, 4.69) is 99.5 Å². The normalized spacial score (nSPS) is 15.7. The van der Waals surface area contributed by atoms with Crippen molar-refractivity contribution in [3.05, 3.63) is 121 Å². The molecule has 0 spiro atoms. The maximum absolute atomic E-state index is 5.30. The minimum Gasteiger partial charge on any atom is -0.295 e. The molecule has 0 saturated heterocycles. The zero-order valence-electron chi connectivity index (χ0n) is 19.0. The van der Waals surface area contributed by atoms with Crippen LogP contribution in [-0.2, 0) is 0 Å². The van der Waals surface area contributed by atoms with Gasteiger partial charge >= 0.3 is 0 Å². The summed E-state index contributed by atoms with van der Waals surface area (Å²) in [4.78, 5) is 14.2. The molecule has 0 saturated carbocycles. The Morgan fingerprint density at radius 2 is 1.51 bits per heavy atom. The van der Waals surface area contributed by atoms with Crippen LogP contribution in [0.5, 0.6) is 0 Å². The van der Waals surface area contributed by atoms with Gasteiger partial charge in [-0.1, -0.05) is 72.8 Å². The van der Waals surface area contributed by atoms with E-state index in [9.17, 15) is 0 Å². The third kappa shape index (κ3) is 3.18. The molecule has 1 atom stereocenters. The highest BCUT2D eigenvalue weighted by atomic mass is 15.1. The minimum atomic E-state index is 0.171. The van der Waals surface area contributed by atoms with Crippen molar-refractivity contribution in [1.29, 1.82) is 0 Å². The van der Waals surface area contributed by atoms with Gasteiger partial charge in [0.15, 0.2) is 0 Å². The average molecular weight is 451 g/mol. The van der Waals surface area contributed by atoms with Crippen LogP contribution in [0.2, 0.25) is 0 Å². The number of rotatable bonds is 3. The van der Waals surface area contributed by atoms with Gasteiger partial charge in [-0.15, -0.1) is 0 Å². The van der Waals surface area contributed by atoms with Crippen LogP contribution in [0.15, 0.2) is 115 Å². The summed E-state index contributed by atoms with van der Waals surface area (Å²) < 4.78 is 2.36. The molecule has 1 aliphatic heterocycles. The molecule has 1 aliphatic carbocycles. The van der Waals surface area contributed by atoms with E-state index >= 15 is 0 Å². The van der Waals surface area contributed by atoms with Crippen molar-refractivity contribution in [2.45, 2.75) is 12.3 Å². The average Bonchev–Trinajstić information content (AvgIpc) is 3.36. The molecule has 3 aromatic carbocycles. The largest absolute Gasteiger partial charge is 0.295 e. The van der Waals surface area contributed by atoms with E-state index in [-0.39, 0.29) is 5.92 Å². The first kappa shape index (κ1) is 19.9. The van der Waals surface area contributed by atoms with Gasteiger partial charge in [-0.2, -0.15) is 0 Å². The van der Waals surface area contributed by atoms with Gasteiger partial charge in [0.05, 0.1) is 11.4 Å². The molecule has 5 aromatic rings. The van der Waals surface area contributed by atoms with Gasteiger partial charge in [0.2, 0.25) is 0 Å². The van der Waals surface area contributed by atoms with Crippen molar-refractivity contribution < 1.29 is 0 Å². The van der Waals surface area contributed by atoms with Crippen LogP contribution in [0.4, 0.5) is 0 Å². The van der Waals surface area contributed by atoms with Crippen molar-refractivity contribution >= 4 is 11.8 Å². The highest BCUT2D eigenvalue weighted by Crippen LogP contribution is 2.50. The molecular weight excluding hydrogens is 428 g/mol. The van der Waals surface area contributed by atoms with Gasteiger partial charge in [0.25, 0.3) is 0 Å². The molecule has 3 heterocycles. The molecule has 0 N–H and O–H groups in total. The van der Waals surface area contributed by atoms with Gasteiger partial charge in [-0.3, -0.25) is 14.5 Å². The lowest BCUT2D eigenvalue weighted by atomic mass is 9.79. The Labute approximate surface area is 204 Å². The molecule has 7 rings (SSSR count). The van der Waals surface area contributed by atoms with E-state index in [1.807, 2.05) is 30.9 Å². The number of hydrogen-bond acceptors (Lipinski definition) is 3. The number of allylic oxidation sites excluding steroid dienone is 1. The fourth-order valence-electron chi connectivity index (χ4n) is 5.31. The molecule has 0 amide bonds. The standard InChI is InChI=1S/C31H22N4/c1-3-8-21(9-4-1)23-12-7-13-24(18-23)35-30-26-15-17-33-20-28(26)27-19-32-16-14-25(27)29(30)34-31(35)22-10-5-2-6-11-22/h1-14,16-20,26H,15H2. The Morgan fingerprint density at radius 3 is 2.34 bits per heavy atom. The zero-order valence-corrected chi connectivity index (χ0v) is 19.0. The number of benzene rings is 3. The van der Waals surface area contributed by atoms with E-state index in [1.54, 1.807) is 0 Å². The predicted octanol–water partition coefficient (Wildman–Crippen LogP) is 7.18. The highest BCUT2D eigenvalue weighted by molar-refractivity contribution is 5.92. The van der Waals surface area contributed by atoms with Gasteiger partial charge in [-0.25, -0.2) is 4.98 Å². The van der Waals surface area contributed by atoms with Crippen molar-refractivity contribution in [1.82, 2.24) is 14.5 Å². The van der Waals surface area contributed by atoms with E-state index in [0.29, 0.717) is 0 Å². The third-order valence-corrected chi connectivity index (χ3v) is 6.91. The van der Waals surface area contributed by atoms with Gasteiger partial charge in [-0.05, 0) is 41.3 Å². The summed E-state index contributed by atoms with van der Waals surface area (Å²) in [6.45, 7) is 0. The Balaban J connectivity index is 1.54. The van der Waals surface area contributed by atoms with Crippen LogP contribution in [-0.4, -0.2) is 20.7 Å². The number of hydrogen-bond donors (Lipinski definition) is 0. The maximum Gasteiger partial charge on any atom is 0.145 e. The summed E-state index contributed by atoms with van der Waals surface area (Å²) in [7, 11) is 0. The molecule has 0 fully saturated rings. The Morgan fingerprint density at radius 1 is 0.743 bits per heavy atom. The van der Waals surface area contributed by atoms with Crippen LogP contribution >= 0.6 is 0 Å². The van der Waals surface area contributed by atoms with Gasteiger partial charge < -0.3 is 0 Å². The van der Waals surface area contributed by atoms with Crippen molar-refractivity contribution in [3.63, 3.8) is 0 Å². The van der Waals surface area contributed by atoms with Crippen LogP contribution in [0, 0.1) is 0 Å². The molecule has 35 heavy (non-hydrogen) atoms. The highest BCUT2D eigenvalue weighted by Gasteiger charge is 2.36. The number of aliphatic imine (C=N–C) groups is 1. The summed E-state index contributed by atoms with van der Waals surface area (Å²) in [5, 5.41) is 0. The molecular formula is C31H22N4. The molecule has 2 aliphatic rings. The van der Waals surface area contributed by atoms with Crippen molar-refractivity contribution in [2.75, 3.05) is 0 Å². The number of imidazole rings is 1. The number of pyridine rings is 1. The molecule has 4 heteroatoms. The van der Waals surface area contributed by atoms with E-state index < -0.39 is 0 Å². The van der Waals surface area contributed by atoms with E-state index in [4.69, 9.17) is 4.98 Å². The minimum absolute atomic E-state index is 0.171. The second kappa shape index (κ2) is 8.03. The molecule has 4 nitrogen and oxygen atoms in total. The lowest BCUT2D eigenvalue weighted by Gasteiger charge is -2.29. The Bertz CT molecular complexity index is 1610. The predicted molar refractivity (Wildman–Crippen MR) is 141 cm³/mol. The smallest absolute Gasteiger partial charge is 0.145 e. The number of aromatic nitrogens is 3. The van der Waals surface area contributed by atoms with Crippen LogP contribution in [0.1, 0.15) is 23.6 Å². The molecule has 1 unspecified atom stereocenters. The van der Waals surface area contributed by atoms with Crippen molar-refractivity contribution in [3.8, 4) is 39.5 Å². The van der Waals surface area contributed by atoms with Gasteiger partial charge in [0.1, 0.15) is 5.82 Å². The number of fused-ring (bicyclic) bond motifs is 6. The Hall–Kier alpha value is -4.57.